The molecule has 1 aromatic rings. The number of hydrogen-bond donors (Lipinski definition) is 1. The fraction of sp³-hybridized carbons (Fsp3) is 0.583. The van der Waals surface area contributed by atoms with Gasteiger partial charge in [0.15, 0.2) is 0 Å². The maximum absolute atomic E-state index is 11.0. The van der Waals surface area contributed by atoms with Crippen molar-refractivity contribution in [2.75, 3.05) is 44.6 Å². The third-order valence-electron chi connectivity index (χ3n) is 3.98. The molecule has 7 nitrogen and oxygen atoms in total. The summed E-state index contributed by atoms with van der Waals surface area (Å²) in [4.78, 5) is 19.4. The summed E-state index contributed by atoms with van der Waals surface area (Å²) in [5.74, 6) is 0. The maximum atomic E-state index is 11.0. The first kappa shape index (κ1) is 13.7. The molecular formula is C12H16BrN5O2. The molecule has 1 atom stereocenters. The summed E-state index contributed by atoms with van der Waals surface area (Å²) in [6.45, 7) is 6.19. The lowest BCUT2D eigenvalue weighted by molar-refractivity contribution is -0.384. The lowest BCUT2D eigenvalue weighted by atomic mass is 10.1. The average molecular weight is 342 g/mol. The molecule has 0 aliphatic carbocycles. The Labute approximate surface area is 125 Å². The molecule has 2 bridgehead atoms. The summed E-state index contributed by atoms with van der Waals surface area (Å²) in [6, 6.07) is 0.414. The van der Waals surface area contributed by atoms with Crippen molar-refractivity contribution in [3.05, 3.63) is 27.0 Å². The minimum atomic E-state index is -0.406. The number of anilines is 1. The normalized spacial score (nSPS) is 28.4. The highest BCUT2D eigenvalue weighted by Gasteiger charge is 2.32. The van der Waals surface area contributed by atoms with Gasteiger partial charge in [0, 0.05) is 51.5 Å². The van der Waals surface area contributed by atoms with Crippen LogP contribution < -0.4 is 5.32 Å². The van der Waals surface area contributed by atoms with Crippen LogP contribution in [0.25, 0.3) is 0 Å². The van der Waals surface area contributed by atoms with Crippen LogP contribution in [0.1, 0.15) is 0 Å². The fourth-order valence-corrected chi connectivity index (χ4v) is 3.34. The van der Waals surface area contributed by atoms with Gasteiger partial charge >= 0.3 is 5.69 Å². The van der Waals surface area contributed by atoms with Crippen LogP contribution >= 0.6 is 15.9 Å². The van der Waals surface area contributed by atoms with Gasteiger partial charge in [-0.1, -0.05) is 0 Å². The van der Waals surface area contributed by atoms with E-state index in [0.717, 1.165) is 32.7 Å². The number of nitrogens with zero attached hydrogens (tertiary/aromatic N) is 4. The third kappa shape index (κ3) is 2.63. The van der Waals surface area contributed by atoms with Crippen molar-refractivity contribution in [3.8, 4) is 0 Å². The summed E-state index contributed by atoms with van der Waals surface area (Å²) in [7, 11) is 0. The molecule has 0 radical (unpaired) electrons. The molecule has 0 aromatic carbocycles. The zero-order chi connectivity index (χ0) is 14.1. The lowest BCUT2D eigenvalue weighted by Gasteiger charge is -2.47. The molecule has 1 N–H and O–H groups in total. The van der Waals surface area contributed by atoms with Crippen molar-refractivity contribution in [2.24, 2.45) is 0 Å². The highest BCUT2D eigenvalue weighted by atomic mass is 79.9. The summed E-state index contributed by atoms with van der Waals surface area (Å²) in [5.41, 5.74) is 0.526. The largest absolute Gasteiger partial charge is 0.377 e. The minimum absolute atomic E-state index is 0.00986. The van der Waals surface area contributed by atoms with Crippen LogP contribution in [0, 0.1) is 10.1 Å². The monoisotopic (exact) mass is 341 g/mol. The number of piperazine rings is 3. The van der Waals surface area contributed by atoms with Gasteiger partial charge < -0.3 is 5.32 Å². The molecule has 0 amide bonds. The first-order chi connectivity index (χ1) is 9.65. The van der Waals surface area contributed by atoms with Crippen LogP contribution in [0.4, 0.5) is 11.4 Å². The van der Waals surface area contributed by atoms with Gasteiger partial charge in [-0.15, -0.1) is 0 Å². The standard InChI is InChI=1S/C12H16BrN5O2/c13-10-6-14-7-11(18(19)20)12(10)15-5-9-8-16-1-3-17(9)4-2-16/h6-7,9H,1-5,8H2,(H,14,15). The molecule has 3 saturated heterocycles. The molecular weight excluding hydrogens is 326 g/mol. The van der Waals surface area contributed by atoms with Crippen LogP contribution in [0.5, 0.6) is 0 Å². The number of halogens is 1. The Bertz CT molecular complexity index is 519. The number of nitro groups is 1. The lowest BCUT2D eigenvalue weighted by Crippen LogP contribution is -2.62. The smallest absolute Gasteiger partial charge is 0.311 e. The van der Waals surface area contributed by atoms with Crippen LogP contribution in [0.3, 0.4) is 0 Å². The molecule has 4 rings (SSSR count). The molecule has 3 aliphatic rings. The maximum Gasteiger partial charge on any atom is 0.311 e. The molecule has 1 aromatic heterocycles. The molecule has 108 valence electrons. The van der Waals surface area contributed by atoms with Gasteiger partial charge in [-0.2, -0.15) is 0 Å². The fourth-order valence-electron chi connectivity index (χ4n) is 2.88. The first-order valence-electron chi connectivity index (χ1n) is 6.63. The Morgan fingerprint density at radius 3 is 2.75 bits per heavy atom. The highest BCUT2D eigenvalue weighted by Crippen LogP contribution is 2.31. The Hall–Kier alpha value is -1.25. The number of pyridine rings is 1. The van der Waals surface area contributed by atoms with Crippen molar-refractivity contribution < 1.29 is 4.92 Å². The van der Waals surface area contributed by atoms with E-state index >= 15 is 0 Å². The second-order valence-corrected chi connectivity index (χ2v) is 6.00. The van der Waals surface area contributed by atoms with Gasteiger partial charge in [0.1, 0.15) is 11.9 Å². The van der Waals surface area contributed by atoms with Crippen molar-refractivity contribution in [3.63, 3.8) is 0 Å². The summed E-state index contributed by atoms with van der Waals surface area (Å²) in [5, 5.41) is 14.3. The van der Waals surface area contributed by atoms with Crippen molar-refractivity contribution in [2.45, 2.75) is 6.04 Å². The highest BCUT2D eigenvalue weighted by molar-refractivity contribution is 9.10. The molecule has 3 fully saturated rings. The quantitative estimate of drug-likeness (QED) is 0.654. The molecule has 4 heterocycles. The van der Waals surface area contributed by atoms with Gasteiger partial charge in [-0.3, -0.25) is 24.9 Å². The Balaban J connectivity index is 1.71. The average Bonchev–Trinajstić information content (AvgIpc) is 2.47. The van der Waals surface area contributed by atoms with Crippen LogP contribution in [0.2, 0.25) is 0 Å². The number of rotatable bonds is 4. The van der Waals surface area contributed by atoms with Gasteiger partial charge in [-0.25, -0.2) is 0 Å². The number of hydrogen-bond acceptors (Lipinski definition) is 6. The Morgan fingerprint density at radius 1 is 1.40 bits per heavy atom. The Kier molecular flexibility index (Phi) is 3.86. The van der Waals surface area contributed by atoms with Crippen LogP contribution in [0.15, 0.2) is 16.9 Å². The van der Waals surface area contributed by atoms with E-state index in [2.05, 4.69) is 36.0 Å². The van der Waals surface area contributed by atoms with E-state index in [0.29, 0.717) is 22.7 Å². The topological polar surface area (TPSA) is 74.5 Å². The molecule has 20 heavy (non-hydrogen) atoms. The van der Waals surface area contributed by atoms with Gasteiger partial charge in [0.2, 0.25) is 0 Å². The minimum Gasteiger partial charge on any atom is -0.377 e. The molecule has 1 unspecified atom stereocenters. The van der Waals surface area contributed by atoms with Crippen LogP contribution in [-0.4, -0.2) is 65.0 Å². The molecule has 0 saturated carbocycles. The number of aromatic nitrogens is 1. The number of fused-ring (bicyclic) bond motifs is 3. The summed E-state index contributed by atoms with van der Waals surface area (Å²) >= 11 is 3.33. The zero-order valence-corrected chi connectivity index (χ0v) is 12.5. The first-order valence-corrected chi connectivity index (χ1v) is 7.42. The zero-order valence-electron chi connectivity index (χ0n) is 11.0. The Morgan fingerprint density at radius 2 is 2.15 bits per heavy atom. The van der Waals surface area contributed by atoms with Crippen molar-refractivity contribution >= 4 is 27.3 Å². The summed E-state index contributed by atoms with van der Waals surface area (Å²) < 4.78 is 0.628. The second kappa shape index (κ2) is 5.63. The van der Waals surface area contributed by atoms with E-state index in [1.54, 1.807) is 6.20 Å². The van der Waals surface area contributed by atoms with Gasteiger partial charge in [-0.05, 0) is 15.9 Å². The number of nitrogens with one attached hydrogen (secondary N) is 1. The van der Waals surface area contributed by atoms with Gasteiger partial charge in [0.25, 0.3) is 0 Å². The van der Waals surface area contributed by atoms with E-state index in [4.69, 9.17) is 0 Å². The van der Waals surface area contributed by atoms with E-state index in [1.165, 1.54) is 6.20 Å². The molecule has 0 spiro atoms. The van der Waals surface area contributed by atoms with E-state index < -0.39 is 4.92 Å². The van der Waals surface area contributed by atoms with E-state index in [9.17, 15) is 10.1 Å². The van der Waals surface area contributed by atoms with Crippen LogP contribution in [-0.2, 0) is 0 Å². The third-order valence-corrected chi connectivity index (χ3v) is 4.58. The predicted octanol–water partition coefficient (Wildman–Crippen LogP) is 1.16. The van der Waals surface area contributed by atoms with E-state index in [1.807, 2.05) is 0 Å². The predicted molar refractivity (Wildman–Crippen MR) is 78.9 cm³/mol. The summed E-state index contributed by atoms with van der Waals surface area (Å²) in [6.07, 6.45) is 2.86. The van der Waals surface area contributed by atoms with Gasteiger partial charge in [0.05, 0.1) is 9.40 Å². The SMILES string of the molecule is O=[N+]([O-])c1cncc(Br)c1NCC1CN2CCN1CC2. The molecule has 3 aliphatic heterocycles. The van der Waals surface area contributed by atoms with E-state index in [-0.39, 0.29) is 5.69 Å². The van der Waals surface area contributed by atoms with Crippen molar-refractivity contribution in [1.29, 1.82) is 0 Å². The molecule has 8 heteroatoms. The van der Waals surface area contributed by atoms with Crippen molar-refractivity contribution in [1.82, 2.24) is 14.8 Å². The second-order valence-electron chi connectivity index (χ2n) is 5.14.